The first-order valence-electron chi connectivity index (χ1n) is 7.16. The normalized spacial score (nSPS) is 27.2. The molecule has 0 aromatic heterocycles. The molecular formula is C15H21N3O2. The second-order valence-electron chi connectivity index (χ2n) is 5.82. The molecule has 1 saturated heterocycles. The number of anilines is 1. The van der Waals surface area contributed by atoms with Gasteiger partial charge in [-0.05, 0) is 25.5 Å². The summed E-state index contributed by atoms with van der Waals surface area (Å²) in [5, 5.41) is 15.9. The molecule has 0 bridgehead atoms. The highest BCUT2D eigenvalue weighted by atomic mass is 16.3. The van der Waals surface area contributed by atoms with Crippen molar-refractivity contribution in [3.8, 4) is 0 Å². The van der Waals surface area contributed by atoms with Gasteiger partial charge in [-0.25, -0.2) is 4.79 Å². The maximum Gasteiger partial charge on any atom is 0.318 e. The van der Waals surface area contributed by atoms with Crippen LogP contribution in [0.2, 0.25) is 0 Å². The molecule has 20 heavy (non-hydrogen) atoms. The molecular weight excluding hydrogens is 254 g/mol. The van der Waals surface area contributed by atoms with Crippen LogP contribution < -0.4 is 10.6 Å². The topological polar surface area (TPSA) is 64.6 Å². The third-order valence-corrected chi connectivity index (χ3v) is 4.20. The number of likely N-dealkylation sites (tertiary alicyclic amines) is 1. The molecule has 1 aromatic rings. The third-order valence-electron chi connectivity index (χ3n) is 4.20. The van der Waals surface area contributed by atoms with Gasteiger partial charge in [-0.1, -0.05) is 18.2 Å². The first-order valence-corrected chi connectivity index (χ1v) is 7.16. The fourth-order valence-electron chi connectivity index (χ4n) is 3.37. The molecule has 2 amide bonds. The van der Waals surface area contributed by atoms with Crippen LogP contribution in [0.5, 0.6) is 0 Å². The molecule has 2 heterocycles. The number of urea groups is 1. The Hall–Kier alpha value is -1.75. The van der Waals surface area contributed by atoms with Crippen molar-refractivity contribution in [1.29, 1.82) is 0 Å². The summed E-state index contributed by atoms with van der Waals surface area (Å²) in [4.78, 5) is 14.0. The minimum absolute atomic E-state index is 0.00101. The molecule has 0 aliphatic carbocycles. The Kier molecular flexibility index (Phi) is 3.30. The molecule has 2 aliphatic rings. The van der Waals surface area contributed by atoms with Crippen LogP contribution in [0.25, 0.3) is 0 Å². The van der Waals surface area contributed by atoms with Crippen LogP contribution in [0.15, 0.2) is 24.3 Å². The van der Waals surface area contributed by atoms with Crippen molar-refractivity contribution >= 4 is 11.7 Å². The number of nitrogens with zero attached hydrogens (tertiary/aromatic N) is 1. The largest absolute Gasteiger partial charge is 0.394 e. The first-order chi connectivity index (χ1) is 9.63. The van der Waals surface area contributed by atoms with Crippen molar-refractivity contribution < 1.29 is 9.90 Å². The van der Waals surface area contributed by atoms with E-state index in [0.29, 0.717) is 0 Å². The van der Waals surface area contributed by atoms with E-state index in [9.17, 15) is 9.90 Å². The number of hydrogen-bond acceptors (Lipinski definition) is 3. The number of hydrogen-bond donors (Lipinski definition) is 3. The van der Waals surface area contributed by atoms with Crippen LogP contribution in [0.1, 0.15) is 25.3 Å². The van der Waals surface area contributed by atoms with E-state index in [1.54, 1.807) is 4.90 Å². The Morgan fingerprint density at radius 3 is 2.95 bits per heavy atom. The minimum atomic E-state index is -0.123. The van der Waals surface area contributed by atoms with Crippen molar-refractivity contribution in [2.75, 3.05) is 18.5 Å². The second kappa shape index (κ2) is 4.98. The number of rotatable bonds is 2. The van der Waals surface area contributed by atoms with Gasteiger partial charge in [-0.2, -0.15) is 0 Å². The zero-order valence-corrected chi connectivity index (χ0v) is 11.8. The average molecular weight is 275 g/mol. The van der Waals surface area contributed by atoms with Crippen LogP contribution in [-0.2, 0) is 0 Å². The Morgan fingerprint density at radius 1 is 1.50 bits per heavy atom. The SMILES string of the molecule is CC(C)NC(=O)N1[C@H](CO)[C@@H]2c3ccccc3NC[C@@H]21. The summed E-state index contributed by atoms with van der Waals surface area (Å²) >= 11 is 0. The Labute approximate surface area is 119 Å². The number of nitrogens with one attached hydrogen (secondary N) is 2. The van der Waals surface area contributed by atoms with Gasteiger partial charge >= 0.3 is 6.03 Å². The van der Waals surface area contributed by atoms with E-state index >= 15 is 0 Å². The monoisotopic (exact) mass is 275 g/mol. The Balaban J connectivity index is 1.84. The average Bonchev–Trinajstić information content (AvgIpc) is 2.38. The predicted molar refractivity (Wildman–Crippen MR) is 77.8 cm³/mol. The maximum atomic E-state index is 12.2. The van der Waals surface area contributed by atoms with Crippen LogP contribution in [-0.4, -0.2) is 47.3 Å². The highest BCUT2D eigenvalue weighted by Gasteiger charge is 2.53. The van der Waals surface area contributed by atoms with Crippen molar-refractivity contribution in [2.45, 2.75) is 37.9 Å². The number of para-hydroxylation sites is 1. The number of aliphatic hydroxyl groups excluding tert-OH is 1. The van der Waals surface area contributed by atoms with E-state index in [-0.39, 0.29) is 36.7 Å². The molecule has 5 nitrogen and oxygen atoms in total. The van der Waals surface area contributed by atoms with Gasteiger partial charge in [-0.3, -0.25) is 0 Å². The summed E-state index contributed by atoms with van der Waals surface area (Å²) < 4.78 is 0. The van der Waals surface area contributed by atoms with Crippen LogP contribution in [0.3, 0.4) is 0 Å². The number of benzene rings is 1. The van der Waals surface area contributed by atoms with Crippen LogP contribution in [0, 0.1) is 0 Å². The summed E-state index contributed by atoms with van der Waals surface area (Å²) in [6.45, 7) is 4.62. The smallest absolute Gasteiger partial charge is 0.318 e. The lowest BCUT2D eigenvalue weighted by molar-refractivity contribution is -0.00480. The number of carbonyl (C=O) groups excluding carboxylic acids is 1. The van der Waals surface area contributed by atoms with E-state index < -0.39 is 0 Å². The van der Waals surface area contributed by atoms with E-state index in [1.165, 1.54) is 5.56 Å². The van der Waals surface area contributed by atoms with Gasteiger partial charge < -0.3 is 20.6 Å². The van der Waals surface area contributed by atoms with Crippen LogP contribution in [0.4, 0.5) is 10.5 Å². The molecule has 0 saturated carbocycles. The van der Waals surface area contributed by atoms with Gasteiger partial charge in [0.1, 0.15) is 0 Å². The summed E-state index contributed by atoms with van der Waals surface area (Å²) in [6, 6.07) is 8.17. The zero-order valence-electron chi connectivity index (χ0n) is 11.8. The lowest BCUT2D eigenvalue weighted by Gasteiger charge is -2.57. The molecule has 1 aromatic carbocycles. The molecule has 3 atom stereocenters. The predicted octanol–water partition coefficient (Wildman–Crippen LogP) is 1.36. The molecule has 3 N–H and O–H groups in total. The fraction of sp³-hybridized carbons (Fsp3) is 0.533. The number of carbonyl (C=O) groups is 1. The molecule has 0 spiro atoms. The molecule has 0 radical (unpaired) electrons. The number of amides is 2. The lowest BCUT2D eigenvalue weighted by atomic mass is 9.73. The van der Waals surface area contributed by atoms with Crippen molar-refractivity contribution in [3.63, 3.8) is 0 Å². The van der Waals surface area contributed by atoms with E-state index in [2.05, 4.69) is 22.8 Å². The van der Waals surface area contributed by atoms with Gasteiger partial charge in [0.25, 0.3) is 0 Å². The highest BCUT2D eigenvalue weighted by Crippen LogP contribution is 2.45. The van der Waals surface area contributed by atoms with Gasteiger partial charge in [0.15, 0.2) is 0 Å². The molecule has 5 heteroatoms. The van der Waals surface area contributed by atoms with Crippen molar-refractivity contribution in [3.05, 3.63) is 29.8 Å². The van der Waals surface area contributed by atoms with Gasteiger partial charge in [0, 0.05) is 24.2 Å². The molecule has 0 unspecified atom stereocenters. The highest BCUT2D eigenvalue weighted by molar-refractivity contribution is 5.78. The van der Waals surface area contributed by atoms with E-state index in [1.807, 2.05) is 26.0 Å². The Morgan fingerprint density at radius 2 is 2.25 bits per heavy atom. The van der Waals surface area contributed by atoms with Crippen molar-refractivity contribution in [2.24, 2.45) is 0 Å². The summed E-state index contributed by atoms with van der Waals surface area (Å²) in [7, 11) is 0. The molecule has 2 aliphatic heterocycles. The molecule has 3 rings (SSSR count). The summed E-state index contributed by atoms with van der Waals surface area (Å²) in [6.07, 6.45) is 0. The van der Waals surface area contributed by atoms with E-state index in [4.69, 9.17) is 0 Å². The fourth-order valence-corrected chi connectivity index (χ4v) is 3.37. The van der Waals surface area contributed by atoms with Gasteiger partial charge in [-0.15, -0.1) is 0 Å². The zero-order chi connectivity index (χ0) is 14.3. The Bertz CT molecular complexity index is 518. The maximum absolute atomic E-state index is 12.2. The summed E-state index contributed by atoms with van der Waals surface area (Å²) in [5.41, 5.74) is 2.33. The van der Waals surface area contributed by atoms with Gasteiger partial charge in [0.05, 0.1) is 18.7 Å². The van der Waals surface area contributed by atoms with Crippen molar-refractivity contribution in [1.82, 2.24) is 10.2 Å². The van der Waals surface area contributed by atoms with Gasteiger partial charge in [0.2, 0.25) is 0 Å². The van der Waals surface area contributed by atoms with E-state index in [0.717, 1.165) is 12.2 Å². The third kappa shape index (κ3) is 1.93. The lowest BCUT2D eigenvalue weighted by Crippen LogP contribution is -2.71. The summed E-state index contributed by atoms with van der Waals surface area (Å²) in [5.74, 6) is 0.232. The van der Waals surface area contributed by atoms with Crippen LogP contribution >= 0.6 is 0 Å². The standard InChI is InChI=1S/C15H21N3O2/c1-9(2)17-15(20)18-12-7-16-11-6-4-3-5-10(11)14(12)13(18)8-19/h3-6,9,12-14,16,19H,7-8H2,1-2H3,(H,17,20)/t12-,13+,14+/m0/s1. The quantitative estimate of drug-likeness (QED) is 0.763. The molecule has 1 fully saturated rings. The number of aliphatic hydroxyl groups is 1. The second-order valence-corrected chi connectivity index (χ2v) is 5.82. The first kappa shape index (κ1) is 13.2. The molecule has 108 valence electrons. The minimum Gasteiger partial charge on any atom is -0.394 e. The number of fused-ring (bicyclic) bond motifs is 3.